The summed E-state index contributed by atoms with van der Waals surface area (Å²) in [5, 5.41) is 12.0. The number of carbonyl (C=O) groups excluding carboxylic acids is 1. The second-order valence-electron chi connectivity index (χ2n) is 11.2. The van der Waals surface area contributed by atoms with Crippen molar-refractivity contribution in [1.29, 1.82) is 0 Å². The van der Waals surface area contributed by atoms with Gasteiger partial charge in [0.2, 0.25) is 5.82 Å². The van der Waals surface area contributed by atoms with E-state index in [2.05, 4.69) is 25.3 Å². The Bertz CT molecular complexity index is 2000. The molecule has 5 aromatic rings. The molecule has 13 nitrogen and oxygen atoms in total. The Balaban J connectivity index is 1.26. The highest BCUT2D eigenvalue weighted by molar-refractivity contribution is 7.91. The van der Waals surface area contributed by atoms with E-state index >= 15 is 0 Å². The Kier molecular flexibility index (Phi) is 6.57. The molecule has 1 amide bonds. The number of rotatable bonds is 6. The number of methoxy groups -OCH3 is 1. The van der Waals surface area contributed by atoms with Crippen molar-refractivity contribution in [3.63, 3.8) is 0 Å². The largest absolute Gasteiger partial charge is 0.494 e. The van der Waals surface area contributed by atoms with Gasteiger partial charge >= 0.3 is 0 Å². The van der Waals surface area contributed by atoms with Crippen LogP contribution in [0.2, 0.25) is 0 Å². The Morgan fingerprint density at radius 1 is 1.11 bits per heavy atom. The third kappa shape index (κ3) is 4.54. The van der Waals surface area contributed by atoms with Gasteiger partial charge in [-0.15, -0.1) is 10.2 Å². The lowest BCUT2D eigenvalue weighted by molar-refractivity contribution is 0.0556. The van der Waals surface area contributed by atoms with Crippen molar-refractivity contribution in [2.75, 3.05) is 19.1 Å². The van der Waals surface area contributed by atoms with Gasteiger partial charge in [-0.3, -0.25) is 9.78 Å². The molecule has 0 radical (unpaired) electrons. The zero-order valence-electron chi connectivity index (χ0n) is 23.8. The van der Waals surface area contributed by atoms with Gasteiger partial charge < -0.3 is 20.4 Å². The number of hydrogen-bond acceptors (Lipinski definition) is 10. The minimum absolute atomic E-state index is 0.0236. The Labute approximate surface area is 251 Å². The number of nitrogens with one attached hydrogen (secondary N) is 1. The summed E-state index contributed by atoms with van der Waals surface area (Å²) >= 11 is 0. The van der Waals surface area contributed by atoms with Crippen LogP contribution in [0.5, 0.6) is 5.75 Å². The number of pyridine rings is 1. The molecule has 2 aliphatic heterocycles. The highest BCUT2D eigenvalue weighted by Crippen LogP contribution is 2.45. The minimum Gasteiger partial charge on any atom is -0.494 e. The lowest BCUT2D eigenvalue weighted by atomic mass is 9.87. The molecule has 2 saturated heterocycles. The van der Waals surface area contributed by atoms with Gasteiger partial charge in [-0.25, -0.2) is 17.8 Å². The predicted molar refractivity (Wildman–Crippen MR) is 157 cm³/mol. The fourth-order valence-electron chi connectivity index (χ4n) is 6.59. The summed E-state index contributed by atoms with van der Waals surface area (Å²) in [5.74, 6) is -0.660. The molecule has 0 aliphatic carbocycles. The van der Waals surface area contributed by atoms with Gasteiger partial charge in [-0.2, -0.15) is 9.61 Å². The lowest BCUT2D eigenvalue weighted by Gasteiger charge is -2.38. The van der Waals surface area contributed by atoms with Crippen LogP contribution in [0, 0.1) is 5.82 Å². The molecule has 0 spiro atoms. The molecule has 15 heteroatoms. The van der Waals surface area contributed by atoms with E-state index in [0.29, 0.717) is 46.6 Å². The quantitative estimate of drug-likeness (QED) is 0.288. The van der Waals surface area contributed by atoms with Crippen LogP contribution in [0.15, 0.2) is 53.9 Å². The fourth-order valence-corrected chi connectivity index (χ4v) is 7.65. The molecule has 0 saturated carbocycles. The summed E-state index contributed by atoms with van der Waals surface area (Å²) in [6.07, 6.45) is 8.32. The van der Waals surface area contributed by atoms with Crippen molar-refractivity contribution in [1.82, 2.24) is 39.7 Å². The van der Waals surface area contributed by atoms with Crippen LogP contribution < -0.4 is 10.5 Å². The normalized spacial score (nSPS) is 19.9. The number of H-pyrrole nitrogens is 1. The molecule has 2 bridgehead atoms. The van der Waals surface area contributed by atoms with Crippen LogP contribution in [0.1, 0.15) is 47.9 Å². The van der Waals surface area contributed by atoms with E-state index in [4.69, 9.17) is 15.5 Å². The molecule has 44 heavy (non-hydrogen) atoms. The summed E-state index contributed by atoms with van der Waals surface area (Å²) in [5.41, 5.74) is 9.70. The van der Waals surface area contributed by atoms with E-state index in [9.17, 15) is 17.6 Å². The SMILES string of the molecule is COc1ccc(-c2ccc(-c3cnn4c(N)c(S(C)(=O)=O)c([C@@H]5C[C@H]6CC[C@@H](C5)N6C(=O)c5nnc[nH]5)nc34)cn2)cc1F. The van der Waals surface area contributed by atoms with Crippen molar-refractivity contribution in [3.05, 3.63) is 66.4 Å². The minimum atomic E-state index is -3.79. The van der Waals surface area contributed by atoms with Crippen molar-refractivity contribution in [2.45, 2.75) is 48.6 Å². The summed E-state index contributed by atoms with van der Waals surface area (Å²) in [6, 6.07) is 7.98. The van der Waals surface area contributed by atoms with E-state index in [1.54, 1.807) is 30.6 Å². The van der Waals surface area contributed by atoms with E-state index in [0.717, 1.165) is 19.1 Å². The average Bonchev–Trinajstić information content (AvgIpc) is 3.75. The third-order valence-electron chi connectivity index (χ3n) is 8.53. The Hall–Kier alpha value is -4.92. The number of aromatic nitrogens is 7. The van der Waals surface area contributed by atoms with Crippen LogP contribution in [0.25, 0.3) is 28.0 Å². The lowest BCUT2D eigenvalue weighted by Crippen LogP contribution is -2.46. The van der Waals surface area contributed by atoms with Gasteiger partial charge in [0, 0.05) is 47.1 Å². The van der Waals surface area contributed by atoms with Crippen LogP contribution >= 0.6 is 0 Å². The number of anilines is 1. The fraction of sp³-hybridized carbons (Fsp3) is 0.310. The first-order valence-corrected chi connectivity index (χ1v) is 15.9. The van der Waals surface area contributed by atoms with Crippen molar-refractivity contribution in [2.24, 2.45) is 0 Å². The average molecular weight is 618 g/mol. The van der Waals surface area contributed by atoms with Gasteiger partial charge in [-0.05, 0) is 49.9 Å². The predicted octanol–water partition coefficient (Wildman–Crippen LogP) is 3.26. The van der Waals surface area contributed by atoms with Crippen LogP contribution in [-0.2, 0) is 9.84 Å². The first kappa shape index (κ1) is 27.9. The second-order valence-corrected chi connectivity index (χ2v) is 13.1. The van der Waals surface area contributed by atoms with Gasteiger partial charge in [0.05, 0.1) is 24.7 Å². The molecule has 2 aliphatic rings. The molecule has 3 atom stereocenters. The van der Waals surface area contributed by atoms with Gasteiger partial charge in [0.1, 0.15) is 17.0 Å². The number of amides is 1. The number of nitrogens with zero attached hydrogens (tertiary/aromatic N) is 7. The number of nitrogen functional groups attached to an aromatic ring is 1. The number of benzene rings is 1. The summed E-state index contributed by atoms with van der Waals surface area (Å²) in [7, 11) is -2.39. The molecule has 3 N–H and O–H groups in total. The van der Waals surface area contributed by atoms with Crippen molar-refractivity contribution in [3.8, 4) is 28.1 Å². The van der Waals surface area contributed by atoms with E-state index < -0.39 is 15.7 Å². The molecule has 2 fully saturated rings. The zero-order chi connectivity index (χ0) is 30.7. The second kappa shape index (κ2) is 10.4. The first-order chi connectivity index (χ1) is 21.1. The first-order valence-electron chi connectivity index (χ1n) is 14.0. The van der Waals surface area contributed by atoms with E-state index in [-0.39, 0.29) is 46.2 Å². The van der Waals surface area contributed by atoms with Gasteiger partial charge in [0.15, 0.2) is 27.1 Å². The van der Waals surface area contributed by atoms with E-state index in [1.807, 2.05) is 11.0 Å². The Morgan fingerprint density at radius 2 is 1.86 bits per heavy atom. The molecular formula is C29H28FN9O4S. The number of carbonyl (C=O) groups is 1. The summed E-state index contributed by atoms with van der Waals surface area (Å²) in [6.45, 7) is 0. The molecule has 4 aromatic heterocycles. The standard InChI is InChI=1S/C29H28FN9O4S/c1-43-23-8-4-15(11-21(23)30)22-7-3-16(12-32-22)20-13-35-39-26(31)25(44(2,41)42)24(36-28(20)39)17-9-18-5-6-19(10-17)38(18)29(40)27-33-14-34-37-27/h3-4,7-8,11-14,17-19H,5-6,9-10,31H2,1-2H3,(H,33,34,37)/t17-,18-,19+. The maximum absolute atomic E-state index is 14.3. The number of piperidine rings is 1. The molecule has 0 unspecified atom stereocenters. The number of fused-ring (bicyclic) bond motifs is 3. The number of ether oxygens (including phenoxy) is 1. The number of hydrogen-bond donors (Lipinski definition) is 2. The number of sulfone groups is 1. The van der Waals surface area contributed by atoms with Crippen LogP contribution in [-0.4, -0.2) is 79.4 Å². The topological polar surface area (TPSA) is 174 Å². The van der Waals surface area contributed by atoms with Gasteiger partial charge in [-0.1, -0.05) is 6.07 Å². The zero-order valence-corrected chi connectivity index (χ0v) is 24.6. The summed E-state index contributed by atoms with van der Waals surface area (Å²) in [4.78, 5) is 27.2. The molecular weight excluding hydrogens is 589 g/mol. The number of aromatic amines is 1. The molecule has 7 rings (SSSR count). The van der Waals surface area contributed by atoms with Gasteiger partial charge in [0.25, 0.3) is 5.91 Å². The number of halogens is 1. The molecule has 1 aromatic carbocycles. The monoisotopic (exact) mass is 617 g/mol. The highest BCUT2D eigenvalue weighted by Gasteiger charge is 2.46. The third-order valence-corrected chi connectivity index (χ3v) is 9.69. The van der Waals surface area contributed by atoms with E-state index in [1.165, 1.54) is 24.0 Å². The van der Waals surface area contributed by atoms with Crippen LogP contribution in [0.3, 0.4) is 0 Å². The van der Waals surface area contributed by atoms with Crippen molar-refractivity contribution < 1.29 is 22.3 Å². The highest BCUT2D eigenvalue weighted by atomic mass is 32.2. The maximum atomic E-state index is 14.3. The molecule has 6 heterocycles. The molecule has 226 valence electrons. The Morgan fingerprint density at radius 3 is 2.48 bits per heavy atom. The number of nitrogens with two attached hydrogens (primary N) is 1. The smallest absolute Gasteiger partial charge is 0.292 e. The summed E-state index contributed by atoms with van der Waals surface area (Å²) < 4.78 is 46.8. The van der Waals surface area contributed by atoms with Crippen LogP contribution in [0.4, 0.5) is 10.2 Å². The maximum Gasteiger partial charge on any atom is 0.292 e. The van der Waals surface area contributed by atoms with Crippen molar-refractivity contribution >= 4 is 27.2 Å².